The summed E-state index contributed by atoms with van der Waals surface area (Å²) in [6, 6.07) is 3.90. The van der Waals surface area contributed by atoms with E-state index in [2.05, 4.69) is 27.5 Å². The Kier molecular flexibility index (Phi) is 9.82. The van der Waals surface area contributed by atoms with Gasteiger partial charge < -0.3 is 19.8 Å². The molecule has 2 heterocycles. The Labute approximate surface area is 160 Å². The van der Waals surface area contributed by atoms with Gasteiger partial charge in [-0.15, -0.1) is 11.3 Å². The van der Waals surface area contributed by atoms with Crippen LogP contribution in [0.2, 0.25) is 0 Å². The molecular weight excluding hydrogens is 348 g/mol. The molecule has 2 aromatic rings. The van der Waals surface area contributed by atoms with E-state index in [9.17, 15) is 0 Å². The molecule has 0 atom stereocenters. The number of rotatable bonds is 12. The Bertz CT molecular complexity index is 625. The van der Waals surface area contributed by atoms with Crippen molar-refractivity contribution in [2.24, 2.45) is 4.99 Å². The Balaban J connectivity index is 1.75. The second-order valence-electron chi connectivity index (χ2n) is 5.79. The minimum absolute atomic E-state index is 0.743. The number of thiazole rings is 1. The Morgan fingerprint density at radius 3 is 2.81 bits per heavy atom. The predicted molar refractivity (Wildman–Crippen MR) is 107 cm³/mol. The molecule has 2 N–H and O–H groups in total. The highest BCUT2D eigenvalue weighted by atomic mass is 32.1. The van der Waals surface area contributed by atoms with Gasteiger partial charge in [0.25, 0.3) is 0 Å². The third-order valence-corrected chi connectivity index (χ3v) is 4.95. The van der Waals surface area contributed by atoms with Crippen LogP contribution in [0.4, 0.5) is 0 Å². The van der Waals surface area contributed by atoms with Gasteiger partial charge >= 0.3 is 0 Å². The number of hydrogen-bond acceptors (Lipinski definition) is 5. The number of aryl methyl sites for hydroxylation is 1. The van der Waals surface area contributed by atoms with Gasteiger partial charge in [0.1, 0.15) is 5.76 Å². The van der Waals surface area contributed by atoms with Crippen LogP contribution in [-0.4, -0.2) is 43.8 Å². The van der Waals surface area contributed by atoms with Crippen molar-refractivity contribution in [1.82, 2.24) is 15.6 Å². The predicted octanol–water partition coefficient (Wildman–Crippen LogP) is 3.05. The molecule has 0 saturated heterocycles. The molecule has 0 aliphatic carbocycles. The summed E-state index contributed by atoms with van der Waals surface area (Å²) in [5.74, 6) is 1.81. The average molecular weight is 379 g/mol. The molecule has 0 spiro atoms. The quantitative estimate of drug-likeness (QED) is 0.337. The molecule has 2 rings (SSSR count). The fraction of sp³-hybridized carbons (Fsp3) is 0.579. The maximum absolute atomic E-state index is 5.37. The standard InChI is InChI=1S/C19H30N4O2S/c1-3-17-15-23-18(26-17)9-12-22-19(20-10-6-13-24-4-2)21-11-8-16-7-5-14-25-16/h5,7,14-15H,3-4,6,8-13H2,1-2H3,(H2,20,21,22). The van der Waals surface area contributed by atoms with Gasteiger partial charge in [0, 0.05) is 56.8 Å². The van der Waals surface area contributed by atoms with Crippen molar-refractivity contribution in [2.45, 2.75) is 39.5 Å². The lowest BCUT2D eigenvalue weighted by atomic mass is 10.3. The van der Waals surface area contributed by atoms with Gasteiger partial charge in [0.15, 0.2) is 5.96 Å². The molecular formula is C19H30N4O2S. The number of guanidine groups is 1. The summed E-state index contributed by atoms with van der Waals surface area (Å²) >= 11 is 1.79. The molecule has 0 amide bonds. The minimum atomic E-state index is 0.743. The second kappa shape index (κ2) is 12.5. The third-order valence-electron chi connectivity index (χ3n) is 3.75. The molecule has 0 bridgehead atoms. The molecule has 0 unspecified atom stereocenters. The number of hydrogen-bond donors (Lipinski definition) is 2. The van der Waals surface area contributed by atoms with Gasteiger partial charge in [-0.3, -0.25) is 4.99 Å². The van der Waals surface area contributed by atoms with Crippen molar-refractivity contribution in [3.05, 3.63) is 40.2 Å². The summed E-state index contributed by atoms with van der Waals surface area (Å²) in [6.07, 6.45) is 7.39. The zero-order chi connectivity index (χ0) is 18.5. The number of nitrogens with zero attached hydrogens (tertiary/aromatic N) is 2. The first-order valence-electron chi connectivity index (χ1n) is 9.37. The molecule has 0 radical (unpaired) electrons. The highest BCUT2D eigenvalue weighted by Crippen LogP contribution is 2.13. The van der Waals surface area contributed by atoms with E-state index in [0.29, 0.717) is 0 Å². The maximum Gasteiger partial charge on any atom is 0.191 e. The number of aromatic nitrogens is 1. The Morgan fingerprint density at radius 1 is 1.27 bits per heavy atom. The molecule has 0 fully saturated rings. The van der Waals surface area contributed by atoms with E-state index < -0.39 is 0 Å². The maximum atomic E-state index is 5.37. The van der Waals surface area contributed by atoms with Crippen LogP contribution < -0.4 is 10.6 Å². The van der Waals surface area contributed by atoms with Gasteiger partial charge in [-0.05, 0) is 31.9 Å². The first kappa shape index (κ1) is 20.5. The lowest BCUT2D eigenvalue weighted by Gasteiger charge is -2.12. The van der Waals surface area contributed by atoms with Gasteiger partial charge in [-0.1, -0.05) is 6.92 Å². The van der Waals surface area contributed by atoms with Crippen LogP contribution >= 0.6 is 11.3 Å². The van der Waals surface area contributed by atoms with Gasteiger partial charge in [0.05, 0.1) is 11.3 Å². The molecule has 6 nitrogen and oxygen atoms in total. The van der Waals surface area contributed by atoms with Gasteiger partial charge in [0.2, 0.25) is 0 Å². The molecule has 26 heavy (non-hydrogen) atoms. The van der Waals surface area contributed by atoms with Crippen LogP contribution in [0.1, 0.15) is 35.9 Å². The second-order valence-corrected chi connectivity index (χ2v) is 6.99. The van der Waals surface area contributed by atoms with Crippen LogP contribution in [0.15, 0.2) is 34.0 Å². The fourth-order valence-electron chi connectivity index (χ4n) is 2.35. The van der Waals surface area contributed by atoms with Crippen molar-refractivity contribution < 1.29 is 9.15 Å². The van der Waals surface area contributed by atoms with E-state index in [1.165, 1.54) is 9.88 Å². The number of furan rings is 1. The van der Waals surface area contributed by atoms with Crippen molar-refractivity contribution in [3.63, 3.8) is 0 Å². The fourth-order valence-corrected chi connectivity index (χ4v) is 3.21. The zero-order valence-electron chi connectivity index (χ0n) is 15.8. The summed E-state index contributed by atoms with van der Waals surface area (Å²) in [4.78, 5) is 10.4. The van der Waals surface area contributed by atoms with E-state index in [-0.39, 0.29) is 0 Å². The third kappa shape index (κ3) is 8.01. The van der Waals surface area contributed by atoms with Crippen molar-refractivity contribution >= 4 is 17.3 Å². The van der Waals surface area contributed by atoms with Crippen LogP contribution in [0.5, 0.6) is 0 Å². The average Bonchev–Trinajstić information content (AvgIpc) is 3.32. The SMILES string of the molecule is CCOCCCN=C(NCCc1ccco1)NCCc1ncc(CC)s1. The lowest BCUT2D eigenvalue weighted by molar-refractivity contribution is 0.146. The van der Waals surface area contributed by atoms with E-state index in [1.54, 1.807) is 17.6 Å². The lowest BCUT2D eigenvalue weighted by Crippen LogP contribution is -2.39. The summed E-state index contributed by atoms with van der Waals surface area (Å²) < 4.78 is 10.7. The molecule has 0 aliphatic rings. The summed E-state index contributed by atoms with van der Waals surface area (Å²) in [6.45, 7) is 8.01. The van der Waals surface area contributed by atoms with Crippen LogP contribution in [0.3, 0.4) is 0 Å². The molecule has 0 aliphatic heterocycles. The molecule has 2 aromatic heterocycles. The van der Waals surface area contributed by atoms with E-state index in [4.69, 9.17) is 9.15 Å². The van der Waals surface area contributed by atoms with Crippen LogP contribution in [0.25, 0.3) is 0 Å². The van der Waals surface area contributed by atoms with E-state index >= 15 is 0 Å². The summed E-state index contributed by atoms with van der Waals surface area (Å²) in [5.41, 5.74) is 0. The summed E-state index contributed by atoms with van der Waals surface area (Å²) in [5, 5.41) is 7.94. The topological polar surface area (TPSA) is 71.7 Å². The van der Waals surface area contributed by atoms with Crippen molar-refractivity contribution in [1.29, 1.82) is 0 Å². The molecule has 7 heteroatoms. The first-order valence-corrected chi connectivity index (χ1v) is 10.2. The minimum Gasteiger partial charge on any atom is -0.469 e. The highest BCUT2D eigenvalue weighted by Gasteiger charge is 2.03. The zero-order valence-corrected chi connectivity index (χ0v) is 16.6. The van der Waals surface area contributed by atoms with Crippen molar-refractivity contribution in [2.75, 3.05) is 32.8 Å². The molecule has 0 aromatic carbocycles. The molecule has 0 saturated carbocycles. The van der Waals surface area contributed by atoms with Crippen LogP contribution in [-0.2, 0) is 24.0 Å². The van der Waals surface area contributed by atoms with Gasteiger partial charge in [-0.25, -0.2) is 4.98 Å². The highest BCUT2D eigenvalue weighted by molar-refractivity contribution is 7.11. The Hall–Kier alpha value is -1.86. The smallest absolute Gasteiger partial charge is 0.191 e. The first-order chi connectivity index (χ1) is 12.8. The summed E-state index contributed by atoms with van der Waals surface area (Å²) in [7, 11) is 0. The number of nitrogens with one attached hydrogen (secondary N) is 2. The van der Waals surface area contributed by atoms with E-state index in [1.807, 2.05) is 25.3 Å². The largest absolute Gasteiger partial charge is 0.469 e. The normalized spacial score (nSPS) is 11.7. The number of ether oxygens (including phenoxy) is 1. The number of aliphatic imine (C=N–C) groups is 1. The van der Waals surface area contributed by atoms with Gasteiger partial charge in [-0.2, -0.15) is 0 Å². The monoisotopic (exact) mass is 378 g/mol. The Morgan fingerprint density at radius 2 is 2.12 bits per heavy atom. The molecule has 144 valence electrons. The van der Waals surface area contributed by atoms with E-state index in [0.717, 1.165) is 70.3 Å². The van der Waals surface area contributed by atoms with Crippen molar-refractivity contribution in [3.8, 4) is 0 Å². The van der Waals surface area contributed by atoms with Crippen LogP contribution in [0, 0.1) is 0 Å².